The van der Waals surface area contributed by atoms with Crippen LogP contribution >= 0.6 is 0 Å². The lowest BCUT2D eigenvalue weighted by Gasteiger charge is -2.28. The predicted octanol–water partition coefficient (Wildman–Crippen LogP) is 3.53. The average molecular weight is 445 g/mol. The van der Waals surface area contributed by atoms with Gasteiger partial charge in [0.05, 0.1) is 17.7 Å². The zero-order valence-corrected chi connectivity index (χ0v) is 18.4. The summed E-state index contributed by atoms with van der Waals surface area (Å²) in [5, 5.41) is 9.54. The molecule has 3 aromatic rings. The molecular formula is C26H28N4O3. The number of benzene rings is 2. The van der Waals surface area contributed by atoms with Crippen LogP contribution in [0.25, 0.3) is 10.9 Å². The molecule has 4 rings (SSSR count). The van der Waals surface area contributed by atoms with E-state index in [0.29, 0.717) is 18.0 Å². The summed E-state index contributed by atoms with van der Waals surface area (Å²) < 4.78 is 0. The van der Waals surface area contributed by atoms with Crippen LogP contribution < -0.4 is 16.0 Å². The molecule has 1 aromatic heterocycles. The fraction of sp³-hybridized carbons (Fsp3) is 0.308. The zero-order valence-electron chi connectivity index (χ0n) is 18.4. The number of fused-ring (bicyclic) bond motifs is 1. The van der Waals surface area contributed by atoms with E-state index < -0.39 is 0 Å². The lowest BCUT2D eigenvalue weighted by Crippen LogP contribution is -2.39. The molecule has 1 aliphatic carbocycles. The Morgan fingerprint density at radius 1 is 0.848 bits per heavy atom. The van der Waals surface area contributed by atoms with Crippen LogP contribution in [0.2, 0.25) is 0 Å². The fourth-order valence-corrected chi connectivity index (χ4v) is 4.25. The van der Waals surface area contributed by atoms with E-state index in [1.54, 1.807) is 30.5 Å². The van der Waals surface area contributed by atoms with Gasteiger partial charge in [0.15, 0.2) is 0 Å². The fourth-order valence-electron chi connectivity index (χ4n) is 4.25. The molecule has 1 fully saturated rings. The van der Waals surface area contributed by atoms with Crippen molar-refractivity contribution in [2.75, 3.05) is 18.4 Å². The number of carbonyl (C=O) groups is 3. The maximum Gasteiger partial charge on any atom is 0.251 e. The summed E-state index contributed by atoms with van der Waals surface area (Å²) in [4.78, 5) is 41.3. The minimum atomic E-state index is -0.265. The number of rotatable bonds is 7. The van der Waals surface area contributed by atoms with Gasteiger partial charge >= 0.3 is 0 Å². The maximum absolute atomic E-state index is 12.8. The van der Waals surface area contributed by atoms with Crippen molar-refractivity contribution in [3.8, 4) is 0 Å². The van der Waals surface area contributed by atoms with Crippen LogP contribution in [-0.2, 0) is 9.59 Å². The third-order valence-electron chi connectivity index (χ3n) is 6.15. The van der Waals surface area contributed by atoms with Gasteiger partial charge in [0, 0.05) is 29.6 Å². The topological polar surface area (TPSA) is 100 Å². The van der Waals surface area contributed by atoms with Crippen LogP contribution in [0.3, 0.4) is 0 Å². The molecule has 33 heavy (non-hydrogen) atoms. The molecule has 0 aliphatic heterocycles. The van der Waals surface area contributed by atoms with Crippen LogP contribution in [0.1, 0.15) is 36.0 Å². The third kappa shape index (κ3) is 5.94. The third-order valence-corrected chi connectivity index (χ3v) is 6.15. The van der Waals surface area contributed by atoms with Gasteiger partial charge in [0.1, 0.15) is 0 Å². The van der Waals surface area contributed by atoms with Crippen molar-refractivity contribution in [3.63, 3.8) is 0 Å². The SMILES string of the molecule is O=C(CNC(=O)c1ccccc1)NCC1CCC(C(=O)Nc2cccc3ncccc23)CC1. The minimum Gasteiger partial charge on any atom is -0.354 e. The van der Waals surface area contributed by atoms with Crippen molar-refractivity contribution in [1.29, 1.82) is 0 Å². The quantitative estimate of drug-likeness (QED) is 0.519. The monoisotopic (exact) mass is 444 g/mol. The first-order valence-corrected chi connectivity index (χ1v) is 11.3. The molecule has 3 amide bonds. The Morgan fingerprint density at radius 3 is 2.42 bits per heavy atom. The van der Waals surface area contributed by atoms with Gasteiger partial charge < -0.3 is 16.0 Å². The number of nitrogens with one attached hydrogen (secondary N) is 3. The first-order chi connectivity index (χ1) is 16.1. The average Bonchev–Trinajstić information content (AvgIpc) is 2.87. The molecular weight excluding hydrogens is 416 g/mol. The molecule has 0 atom stereocenters. The molecule has 1 saturated carbocycles. The lowest BCUT2D eigenvalue weighted by atomic mass is 9.81. The van der Waals surface area contributed by atoms with Crippen LogP contribution in [-0.4, -0.2) is 35.8 Å². The Bertz CT molecular complexity index is 1120. The second kappa shape index (κ2) is 10.7. The predicted molar refractivity (Wildman–Crippen MR) is 128 cm³/mol. The molecule has 1 heterocycles. The van der Waals surface area contributed by atoms with E-state index in [1.165, 1.54) is 0 Å². The standard InChI is InChI=1S/C26H28N4O3/c31-24(17-29-25(32)19-6-2-1-3-7-19)28-16-18-11-13-20(14-12-18)26(33)30-23-10-4-9-22-21(23)8-5-15-27-22/h1-10,15,18,20H,11-14,16-17H2,(H,28,31)(H,29,32)(H,30,33). The Balaban J connectivity index is 1.18. The van der Waals surface area contributed by atoms with Crippen molar-refractivity contribution in [2.24, 2.45) is 11.8 Å². The van der Waals surface area contributed by atoms with Gasteiger partial charge in [-0.2, -0.15) is 0 Å². The number of pyridine rings is 1. The van der Waals surface area contributed by atoms with Crippen molar-refractivity contribution in [3.05, 3.63) is 72.4 Å². The first-order valence-electron chi connectivity index (χ1n) is 11.3. The van der Waals surface area contributed by atoms with E-state index >= 15 is 0 Å². The molecule has 170 valence electrons. The minimum absolute atomic E-state index is 0.0333. The molecule has 7 nitrogen and oxygen atoms in total. The van der Waals surface area contributed by atoms with Crippen LogP contribution in [0.4, 0.5) is 5.69 Å². The van der Waals surface area contributed by atoms with Crippen LogP contribution in [0, 0.1) is 11.8 Å². The number of carbonyl (C=O) groups excluding carboxylic acids is 3. The molecule has 0 saturated heterocycles. The summed E-state index contributed by atoms with van der Waals surface area (Å²) in [6.45, 7) is 0.509. The highest BCUT2D eigenvalue weighted by atomic mass is 16.2. The van der Waals surface area contributed by atoms with Crippen molar-refractivity contribution < 1.29 is 14.4 Å². The van der Waals surface area contributed by atoms with E-state index in [1.807, 2.05) is 36.4 Å². The molecule has 0 unspecified atom stereocenters. The van der Waals surface area contributed by atoms with E-state index in [0.717, 1.165) is 42.3 Å². The van der Waals surface area contributed by atoms with Gasteiger partial charge in [-0.25, -0.2) is 0 Å². The summed E-state index contributed by atoms with van der Waals surface area (Å²) in [7, 11) is 0. The van der Waals surface area contributed by atoms with Crippen molar-refractivity contribution in [1.82, 2.24) is 15.6 Å². The molecule has 0 radical (unpaired) electrons. The molecule has 0 spiro atoms. The smallest absolute Gasteiger partial charge is 0.251 e. The summed E-state index contributed by atoms with van der Waals surface area (Å²) in [5.41, 5.74) is 2.17. The highest BCUT2D eigenvalue weighted by Crippen LogP contribution is 2.30. The van der Waals surface area contributed by atoms with E-state index in [2.05, 4.69) is 20.9 Å². The van der Waals surface area contributed by atoms with Gasteiger partial charge in [-0.05, 0) is 68.0 Å². The second-order valence-corrected chi connectivity index (χ2v) is 8.44. The summed E-state index contributed by atoms with van der Waals surface area (Å²) in [6, 6.07) is 18.4. The van der Waals surface area contributed by atoms with Gasteiger partial charge in [-0.3, -0.25) is 19.4 Å². The number of anilines is 1. The maximum atomic E-state index is 12.8. The van der Waals surface area contributed by atoms with E-state index in [9.17, 15) is 14.4 Å². The van der Waals surface area contributed by atoms with Gasteiger partial charge in [0.25, 0.3) is 5.91 Å². The molecule has 3 N–H and O–H groups in total. The number of hydrogen-bond donors (Lipinski definition) is 3. The second-order valence-electron chi connectivity index (χ2n) is 8.44. The van der Waals surface area contributed by atoms with E-state index in [4.69, 9.17) is 0 Å². The Labute approximate surface area is 193 Å². The van der Waals surface area contributed by atoms with Gasteiger partial charge in [-0.1, -0.05) is 24.3 Å². The highest BCUT2D eigenvalue weighted by Gasteiger charge is 2.27. The Kier molecular flexibility index (Phi) is 7.29. The molecule has 7 heteroatoms. The van der Waals surface area contributed by atoms with Gasteiger partial charge in [-0.15, -0.1) is 0 Å². The Morgan fingerprint density at radius 2 is 1.64 bits per heavy atom. The van der Waals surface area contributed by atoms with E-state index in [-0.39, 0.29) is 30.2 Å². The first kappa shape index (κ1) is 22.5. The largest absolute Gasteiger partial charge is 0.354 e. The number of nitrogens with zero attached hydrogens (tertiary/aromatic N) is 1. The molecule has 1 aliphatic rings. The van der Waals surface area contributed by atoms with Crippen LogP contribution in [0.5, 0.6) is 0 Å². The molecule has 0 bridgehead atoms. The lowest BCUT2D eigenvalue weighted by molar-refractivity contribution is -0.122. The number of hydrogen-bond acceptors (Lipinski definition) is 4. The molecule has 2 aromatic carbocycles. The highest BCUT2D eigenvalue weighted by molar-refractivity contribution is 6.01. The van der Waals surface area contributed by atoms with Crippen LogP contribution in [0.15, 0.2) is 66.9 Å². The Hall–Kier alpha value is -3.74. The summed E-state index contributed by atoms with van der Waals surface area (Å²) >= 11 is 0. The normalized spacial score (nSPS) is 17.8. The summed E-state index contributed by atoms with van der Waals surface area (Å²) in [5.74, 6) is -0.126. The summed E-state index contributed by atoms with van der Waals surface area (Å²) in [6.07, 6.45) is 5.09. The van der Waals surface area contributed by atoms with Gasteiger partial charge in [0.2, 0.25) is 11.8 Å². The zero-order chi connectivity index (χ0) is 23.0. The number of aromatic nitrogens is 1. The van der Waals surface area contributed by atoms with Crippen molar-refractivity contribution >= 4 is 34.3 Å². The number of amides is 3. The van der Waals surface area contributed by atoms with Crippen molar-refractivity contribution in [2.45, 2.75) is 25.7 Å².